The van der Waals surface area contributed by atoms with E-state index in [1.807, 2.05) is 6.92 Å². The summed E-state index contributed by atoms with van der Waals surface area (Å²) in [5.74, 6) is -1.21. The van der Waals surface area contributed by atoms with Crippen LogP contribution in [0.5, 0.6) is 28.7 Å². The van der Waals surface area contributed by atoms with E-state index in [9.17, 15) is 20.1 Å². The minimum absolute atomic E-state index is 0.00844. The highest BCUT2D eigenvalue weighted by Gasteiger charge is 2.27. The minimum atomic E-state index is -0.588. The van der Waals surface area contributed by atoms with Crippen LogP contribution in [0.25, 0.3) is 22.3 Å². The Bertz CT molecular complexity index is 1080. The number of carbonyl (C=O) groups excluding carboxylic acids is 1. The van der Waals surface area contributed by atoms with Gasteiger partial charge in [0.1, 0.15) is 5.76 Å². The fourth-order valence-corrected chi connectivity index (χ4v) is 3.34. The number of methoxy groups -OCH3 is 2. The van der Waals surface area contributed by atoms with Crippen LogP contribution in [0.2, 0.25) is 0 Å². The Morgan fingerprint density at radius 3 is 2.11 bits per heavy atom. The van der Waals surface area contributed by atoms with Gasteiger partial charge in [0.25, 0.3) is 0 Å². The summed E-state index contributed by atoms with van der Waals surface area (Å²) in [5.41, 5.74) is 1.84. The summed E-state index contributed by atoms with van der Waals surface area (Å²) in [6.07, 6.45) is 0. The molecular formula is C20H20O7. The average Bonchev–Trinajstić information content (AvgIpc) is 2.97. The van der Waals surface area contributed by atoms with Gasteiger partial charge in [-0.1, -0.05) is 0 Å². The molecule has 0 saturated carbocycles. The average molecular weight is 372 g/mol. The molecule has 0 amide bonds. The van der Waals surface area contributed by atoms with E-state index in [4.69, 9.17) is 13.9 Å². The Morgan fingerprint density at radius 2 is 1.56 bits per heavy atom. The number of ether oxygens (including phenoxy) is 2. The van der Waals surface area contributed by atoms with E-state index in [-0.39, 0.29) is 39.7 Å². The van der Waals surface area contributed by atoms with Crippen LogP contribution in [0, 0.1) is 13.8 Å². The van der Waals surface area contributed by atoms with Crippen molar-refractivity contribution in [3.63, 3.8) is 0 Å². The predicted octanol–water partition coefficient (Wildman–Crippen LogP) is 4.05. The molecule has 0 spiro atoms. The molecule has 2 aromatic carbocycles. The van der Waals surface area contributed by atoms with Crippen LogP contribution in [-0.2, 0) is 0 Å². The van der Waals surface area contributed by atoms with Crippen molar-refractivity contribution >= 4 is 16.8 Å². The Hall–Kier alpha value is -3.35. The van der Waals surface area contributed by atoms with Crippen molar-refractivity contribution in [1.82, 2.24) is 0 Å². The molecular weight excluding hydrogens is 352 g/mol. The van der Waals surface area contributed by atoms with Crippen LogP contribution in [0.3, 0.4) is 0 Å². The fourth-order valence-electron chi connectivity index (χ4n) is 3.34. The number of hydrogen-bond acceptors (Lipinski definition) is 7. The van der Waals surface area contributed by atoms with Crippen molar-refractivity contribution < 1.29 is 34.0 Å². The molecule has 0 bridgehead atoms. The van der Waals surface area contributed by atoms with E-state index in [0.29, 0.717) is 10.9 Å². The fraction of sp³-hybridized carbons (Fsp3) is 0.250. The zero-order chi connectivity index (χ0) is 20.0. The molecule has 3 rings (SSSR count). The number of carbonyl (C=O) groups is 1. The molecule has 0 radical (unpaired) electrons. The Labute approximate surface area is 155 Å². The lowest BCUT2D eigenvalue weighted by atomic mass is 9.96. The van der Waals surface area contributed by atoms with Crippen LogP contribution in [0.1, 0.15) is 28.4 Å². The lowest BCUT2D eigenvalue weighted by Gasteiger charge is -2.13. The highest BCUT2D eigenvalue weighted by atomic mass is 16.5. The molecule has 0 aliphatic rings. The van der Waals surface area contributed by atoms with Gasteiger partial charge >= 0.3 is 0 Å². The summed E-state index contributed by atoms with van der Waals surface area (Å²) >= 11 is 0. The third kappa shape index (κ3) is 2.63. The number of fused-ring (bicyclic) bond motifs is 1. The molecule has 7 nitrogen and oxygen atoms in total. The van der Waals surface area contributed by atoms with Gasteiger partial charge in [0, 0.05) is 16.5 Å². The van der Waals surface area contributed by atoms with E-state index in [1.54, 1.807) is 13.0 Å². The van der Waals surface area contributed by atoms with Crippen LogP contribution >= 0.6 is 0 Å². The highest BCUT2D eigenvalue weighted by molar-refractivity contribution is 6.06. The molecule has 1 heterocycles. The van der Waals surface area contributed by atoms with Gasteiger partial charge in [-0.3, -0.25) is 4.79 Å². The number of ketones is 1. The highest BCUT2D eigenvalue weighted by Crippen LogP contribution is 2.48. The van der Waals surface area contributed by atoms with Crippen LogP contribution in [0.4, 0.5) is 0 Å². The van der Waals surface area contributed by atoms with Crippen LogP contribution in [0.15, 0.2) is 16.5 Å². The normalized spacial score (nSPS) is 11.0. The number of aromatic hydroxyl groups is 3. The number of aryl methyl sites for hydroxylation is 2. The second-order valence-electron chi connectivity index (χ2n) is 6.26. The van der Waals surface area contributed by atoms with Crippen molar-refractivity contribution in [2.75, 3.05) is 14.2 Å². The molecule has 142 valence electrons. The topological polar surface area (TPSA) is 109 Å². The minimum Gasteiger partial charge on any atom is -0.504 e. The number of Topliss-reactive ketones (excluding diaryl/α,β-unsaturated/α-hetero) is 1. The zero-order valence-corrected chi connectivity index (χ0v) is 15.6. The van der Waals surface area contributed by atoms with Crippen molar-refractivity contribution in [2.45, 2.75) is 20.8 Å². The van der Waals surface area contributed by atoms with E-state index < -0.39 is 17.3 Å². The molecule has 0 aliphatic heterocycles. The lowest BCUT2D eigenvalue weighted by molar-refractivity contribution is 0.101. The Morgan fingerprint density at radius 1 is 0.963 bits per heavy atom. The second-order valence-corrected chi connectivity index (χ2v) is 6.26. The molecule has 0 aliphatic carbocycles. The van der Waals surface area contributed by atoms with Crippen LogP contribution in [-0.4, -0.2) is 35.3 Å². The smallest absolute Gasteiger partial charge is 0.202 e. The third-order valence-corrected chi connectivity index (χ3v) is 4.61. The van der Waals surface area contributed by atoms with Gasteiger partial charge in [0.15, 0.2) is 28.6 Å². The number of furan rings is 1. The maximum atomic E-state index is 12.2. The maximum absolute atomic E-state index is 12.2. The molecule has 3 N–H and O–H groups in total. The maximum Gasteiger partial charge on any atom is 0.202 e. The largest absolute Gasteiger partial charge is 0.504 e. The van der Waals surface area contributed by atoms with Gasteiger partial charge < -0.3 is 29.2 Å². The molecule has 0 saturated heterocycles. The SMILES string of the molecule is COc1cc(-c2oc3c(O)c(OC)cc(C)c3c2C)c(C(C)=O)c(O)c1O. The monoisotopic (exact) mass is 372 g/mol. The first-order chi connectivity index (χ1) is 12.7. The van der Waals surface area contributed by atoms with Gasteiger partial charge in [0.05, 0.1) is 19.8 Å². The Kier molecular flexibility index (Phi) is 4.39. The number of phenols is 3. The number of benzene rings is 2. The standard InChI is InChI=1S/C20H20O7/c1-8-6-12(25-4)17(23)20-14(8)9(2)19(27-20)11-7-13(26-5)16(22)18(24)15(11)10(3)21/h6-7,22-24H,1-5H3. The quantitative estimate of drug-likeness (QED) is 0.468. The van der Waals surface area contributed by atoms with Crippen molar-refractivity contribution in [3.8, 4) is 40.1 Å². The summed E-state index contributed by atoms with van der Waals surface area (Å²) in [6, 6.07) is 3.10. The van der Waals surface area contributed by atoms with E-state index in [0.717, 1.165) is 5.56 Å². The Balaban J connectivity index is 2.45. The molecule has 1 aromatic heterocycles. The van der Waals surface area contributed by atoms with Gasteiger partial charge in [0.2, 0.25) is 11.5 Å². The summed E-state index contributed by atoms with van der Waals surface area (Å²) in [7, 11) is 2.77. The molecule has 0 unspecified atom stereocenters. The first-order valence-corrected chi connectivity index (χ1v) is 8.16. The number of rotatable bonds is 4. The van der Waals surface area contributed by atoms with Crippen molar-refractivity contribution in [1.29, 1.82) is 0 Å². The summed E-state index contributed by atoms with van der Waals surface area (Å²) < 4.78 is 16.1. The predicted molar refractivity (Wildman–Crippen MR) is 99.2 cm³/mol. The molecule has 7 heteroatoms. The first-order valence-electron chi connectivity index (χ1n) is 8.16. The van der Waals surface area contributed by atoms with E-state index in [2.05, 4.69) is 0 Å². The summed E-state index contributed by atoms with van der Waals surface area (Å²) in [5, 5.41) is 31.5. The van der Waals surface area contributed by atoms with Crippen molar-refractivity contribution in [3.05, 3.63) is 28.8 Å². The summed E-state index contributed by atoms with van der Waals surface area (Å²) in [4.78, 5) is 12.2. The first kappa shape index (κ1) is 18.4. The molecule has 0 fully saturated rings. The number of phenolic OH excluding ortho intramolecular Hbond substituents is 3. The third-order valence-electron chi connectivity index (χ3n) is 4.61. The van der Waals surface area contributed by atoms with E-state index in [1.165, 1.54) is 27.2 Å². The lowest BCUT2D eigenvalue weighted by Crippen LogP contribution is -1.99. The number of hydrogen-bond donors (Lipinski definition) is 3. The van der Waals surface area contributed by atoms with Crippen molar-refractivity contribution in [2.24, 2.45) is 0 Å². The van der Waals surface area contributed by atoms with Gasteiger partial charge in [-0.2, -0.15) is 0 Å². The zero-order valence-electron chi connectivity index (χ0n) is 15.6. The van der Waals surface area contributed by atoms with Crippen LogP contribution < -0.4 is 9.47 Å². The van der Waals surface area contributed by atoms with Gasteiger partial charge in [-0.25, -0.2) is 0 Å². The molecule has 3 aromatic rings. The molecule has 27 heavy (non-hydrogen) atoms. The van der Waals surface area contributed by atoms with E-state index >= 15 is 0 Å². The summed E-state index contributed by atoms with van der Waals surface area (Å²) in [6.45, 7) is 4.89. The van der Waals surface area contributed by atoms with Gasteiger partial charge in [-0.05, 0) is 38.5 Å². The molecule has 0 atom stereocenters. The second kappa shape index (κ2) is 6.42. The van der Waals surface area contributed by atoms with Gasteiger partial charge in [-0.15, -0.1) is 0 Å².